The van der Waals surface area contributed by atoms with Gasteiger partial charge in [0.15, 0.2) is 23.9 Å². The number of halogens is 1. The molecule has 0 aliphatic rings. The lowest BCUT2D eigenvalue weighted by atomic mass is 10.1. The molecule has 0 saturated carbocycles. The Bertz CT molecular complexity index is 1530. The van der Waals surface area contributed by atoms with Gasteiger partial charge in [-0.25, -0.2) is 9.37 Å². The Morgan fingerprint density at radius 1 is 1.03 bits per heavy atom. The first kappa shape index (κ1) is 21.8. The molecule has 10 heteroatoms. The van der Waals surface area contributed by atoms with Gasteiger partial charge in [0.05, 0.1) is 12.0 Å². The quantitative estimate of drug-likeness (QED) is 0.370. The van der Waals surface area contributed by atoms with Crippen molar-refractivity contribution < 1.29 is 18.3 Å². The summed E-state index contributed by atoms with van der Waals surface area (Å²) in [4.78, 5) is 32.2. The first-order valence-corrected chi connectivity index (χ1v) is 10.5. The molecule has 0 bridgehead atoms. The fourth-order valence-corrected chi connectivity index (χ4v) is 3.36. The van der Waals surface area contributed by atoms with Gasteiger partial charge in [-0.15, -0.1) is 0 Å². The van der Waals surface area contributed by atoms with E-state index >= 15 is 0 Å². The topological polar surface area (TPSA) is 115 Å². The molecule has 0 unspecified atom stereocenters. The fourth-order valence-electron chi connectivity index (χ4n) is 3.36. The van der Waals surface area contributed by atoms with Gasteiger partial charge in [0.1, 0.15) is 11.5 Å². The Morgan fingerprint density at radius 2 is 1.83 bits per heavy atom. The van der Waals surface area contributed by atoms with Crippen LogP contribution < -0.4 is 15.6 Å². The van der Waals surface area contributed by atoms with Gasteiger partial charge in [-0.1, -0.05) is 42.5 Å². The normalized spacial score (nSPS) is 10.8. The first-order chi connectivity index (χ1) is 17.1. The third-order valence-electron chi connectivity index (χ3n) is 4.95. The lowest BCUT2D eigenvalue weighted by molar-refractivity contribution is -0.118. The minimum Gasteiger partial charge on any atom is -0.481 e. The van der Waals surface area contributed by atoms with Crippen molar-refractivity contribution >= 4 is 11.7 Å². The summed E-state index contributed by atoms with van der Waals surface area (Å²) in [7, 11) is 0. The Hall–Kier alpha value is -4.99. The number of anilines is 1. The number of nitrogens with zero attached hydrogens (tertiary/aromatic N) is 3. The zero-order chi connectivity index (χ0) is 24.2. The van der Waals surface area contributed by atoms with Crippen LogP contribution >= 0.6 is 0 Å². The number of furan rings is 1. The van der Waals surface area contributed by atoms with Crippen molar-refractivity contribution in [2.75, 3.05) is 11.9 Å². The molecule has 35 heavy (non-hydrogen) atoms. The molecule has 0 aliphatic heterocycles. The number of hydrogen-bond acceptors (Lipinski definition) is 6. The molecule has 2 N–H and O–H groups in total. The number of aromatic amines is 1. The highest BCUT2D eigenvalue weighted by Crippen LogP contribution is 2.25. The van der Waals surface area contributed by atoms with Gasteiger partial charge in [0, 0.05) is 17.7 Å². The van der Waals surface area contributed by atoms with E-state index in [9.17, 15) is 14.0 Å². The second-order valence-electron chi connectivity index (χ2n) is 7.39. The highest BCUT2D eigenvalue weighted by molar-refractivity contribution is 5.91. The van der Waals surface area contributed by atoms with Gasteiger partial charge in [0.25, 0.3) is 11.5 Å². The van der Waals surface area contributed by atoms with Gasteiger partial charge >= 0.3 is 0 Å². The van der Waals surface area contributed by atoms with Crippen LogP contribution in [-0.2, 0) is 4.79 Å². The standard InChI is InChI=1S/C25H18FN5O4/c26-17-9-4-5-10-20(17)35-15-24(33)28-22-13-19(21-11-6-12-34-21)30-31(22)25-27-18(14-23(32)29-25)16-7-2-1-3-8-16/h1-14H,15H2,(H,28,33)(H,27,29,32). The SMILES string of the molecule is O=C(COc1ccccc1F)Nc1cc(-c2ccco2)nn1-c1nc(-c2ccccc2)cc(=O)[nH]1. The molecule has 3 heterocycles. The predicted octanol–water partition coefficient (Wildman–Crippen LogP) is 4.04. The lowest BCUT2D eigenvalue weighted by Gasteiger charge is -2.10. The Morgan fingerprint density at radius 3 is 2.60 bits per heavy atom. The highest BCUT2D eigenvalue weighted by atomic mass is 19.1. The summed E-state index contributed by atoms with van der Waals surface area (Å²) < 4.78 is 25.8. The Labute approximate surface area is 197 Å². The first-order valence-electron chi connectivity index (χ1n) is 10.5. The molecule has 0 aliphatic carbocycles. The fraction of sp³-hybridized carbons (Fsp3) is 0.0400. The number of ether oxygens (including phenoxy) is 1. The van der Waals surface area contributed by atoms with Gasteiger partial charge in [0.2, 0.25) is 5.95 Å². The van der Waals surface area contributed by atoms with E-state index in [1.54, 1.807) is 24.3 Å². The van der Waals surface area contributed by atoms with Crippen molar-refractivity contribution in [1.29, 1.82) is 0 Å². The zero-order valence-electron chi connectivity index (χ0n) is 18.1. The largest absolute Gasteiger partial charge is 0.481 e. The average molecular weight is 471 g/mol. The van der Waals surface area contributed by atoms with Crippen molar-refractivity contribution in [2.24, 2.45) is 0 Å². The second kappa shape index (κ2) is 9.48. The van der Waals surface area contributed by atoms with Crippen LogP contribution in [0.15, 0.2) is 94.3 Å². The summed E-state index contributed by atoms with van der Waals surface area (Å²) in [6.07, 6.45) is 1.49. The maximum atomic E-state index is 13.8. The van der Waals surface area contributed by atoms with E-state index in [1.807, 2.05) is 30.3 Å². The average Bonchev–Trinajstić information content (AvgIpc) is 3.54. The molecule has 3 aromatic heterocycles. The molecule has 2 aromatic carbocycles. The van der Waals surface area contributed by atoms with Crippen molar-refractivity contribution in [2.45, 2.75) is 0 Å². The van der Waals surface area contributed by atoms with E-state index in [1.165, 1.54) is 35.2 Å². The van der Waals surface area contributed by atoms with Crippen LogP contribution in [-0.4, -0.2) is 32.3 Å². The molecule has 0 atom stereocenters. The van der Waals surface area contributed by atoms with Gasteiger partial charge in [-0.3, -0.25) is 14.6 Å². The molecule has 174 valence electrons. The Balaban J connectivity index is 1.48. The molecule has 5 aromatic rings. The molecule has 1 amide bonds. The minimum atomic E-state index is -0.579. The van der Waals surface area contributed by atoms with Crippen molar-refractivity contribution in [3.8, 4) is 34.4 Å². The molecule has 0 spiro atoms. The number of H-pyrrole nitrogens is 1. The third-order valence-corrected chi connectivity index (χ3v) is 4.95. The van der Waals surface area contributed by atoms with E-state index in [0.717, 1.165) is 5.56 Å². The number of rotatable bonds is 7. The Kier molecular flexibility index (Phi) is 5.91. The van der Waals surface area contributed by atoms with Crippen LogP contribution in [0.5, 0.6) is 5.75 Å². The number of para-hydroxylation sites is 1. The van der Waals surface area contributed by atoms with E-state index in [0.29, 0.717) is 17.1 Å². The summed E-state index contributed by atoms with van der Waals surface area (Å²) in [6.45, 7) is -0.448. The van der Waals surface area contributed by atoms with Crippen LogP contribution in [0.2, 0.25) is 0 Å². The lowest BCUT2D eigenvalue weighted by Crippen LogP contribution is -2.23. The number of carbonyl (C=O) groups excluding carboxylic acids is 1. The highest BCUT2D eigenvalue weighted by Gasteiger charge is 2.18. The minimum absolute atomic E-state index is 0.0472. The second-order valence-corrected chi connectivity index (χ2v) is 7.39. The van der Waals surface area contributed by atoms with Crippen molar-refractivity contribution in [3.05, 3.63) is 101 Å². The number of nitrogens with one attached hydrogen (secondary N) is 2. The monoisotopic (exact) mass is 471 g/mol. The third kappa shape index (κ3) is 4.86. The summed E-state index contributed by atoms with van der Waals surface area (Å²) in [5.41, 5.74) is 1.17. The number of hydrogen-bond donors (Lipinski definition) is 2. The van der Waals surface area contributed by atoms with Crippen LogP contribution in [0.4, 0.5) is 10.2 Å². The molecule has 0 fully saturated rings. The molecule has 0 saturated heterocycles. The smallest absolute Gasteiger partial charge is 0.263 e. The van der Waals surface area contributed by atoms with Crippen LogP contribution in [0, 0.1) is 5.82 Å². The van der Waals surface area contributed by atoms with Crippen LogP contribution in [0.3, 0.4) is 0 Å². The number of aromatic nitrogens is 4. The predicted molar refractivity (Wildman–Crippen MR) is 126 cm³/mol. The summed E-state index contributed by atoms with van der Waals surface area (Å²) in [6, 6.07) is 21.3. The van der Waals surface area contributed by atoms with Crippen LogP contribution in [0.25, 0.3) is 28.7 Å². The van der Waals surface area contributed by atoms with E-state index in [-0.39, 0.29) is 17.5 Å². The van der Waals surface area contributed by atoms with Crippen molar-refractivity contribution in [1.82, 2.24) is 19.7 Å². The number of benzene rings is 2. The summed E-state index contributed by atoms with van der Waals surface area (Å²) >= 11 is 0. The van der Waals surface area contributed by atoms with E-state index in [2.05, 4.69) is 20.4 Å². The van der Waals surface area contributed by atoms with Gasteiger partial charge in [-0.05, 0) is 24.3 Å². The van der Waals surface area contributed by atoms with Crippen molar-refractivity contribution in [3.63, 3.8) is 0 Å². The van der Waals surface area contributed by atoms with Gasteiger partial charge in [-0.2, -0.15) is 9.78 Å². The van der Waals surface area contributed by atoms with Gasteiger partial charge < -0.3 is 14.5 Å². The summed E-state index contributed by atoms with van der Waals surface area (Å²) in [5.74, 6) is -0.462. The van der Waals surface area contributed by atoms with E-state index < -0.39 is 23.9 Å². The molecule has 0 radical (unpaired) electrons. The maximum Gasteiger partial charge on any atom is 0.263 e. The molecule has 9 nitrogen and oxygen atoms in total. The summed E-state index contributed by atoms with van der Waals surface area (Å²) in [5, 5.41) is 7.13. The molecule has 5 rings (SSSR count). The van der Waals surface area contributed by atoms with Crippen LogP contribution in [0.1, 0.15) is 0 Å². The maximum absolute atomic E-state index is 13.8. The molecular weight excluding hydrogens is 453 g/mol. The number of amides is 1. The molecular formula is C25H18FN5O4. The van der Waals surface area contributed by atoms with E-state index in [4.69, 9.17) is 9.15 Å². The number of carbonyl (C=O) groups is 1. The zero-order valence-corrected chi connectivity index (χ0v) is 18.1.